The maximum absolute atomic E-state index is 13.5. The number of ketones is 2. The van der Waals surface area contributed by atoms with Crippen LogP contribution in [0.25, 0.3) is 0 Å². The Labute approximate surface area is 191 Å². The summed E-state index contributed by atoms with van der Waals surface area (Å²) < 4.78 is 31.4. The second-order valence-electron chi connectivity index (χ2n) is 7.58. The van der Waals surface area contributed by atoms with Gasteiger partial charge in [-0.05, 0) is 38.0 Å². The normalized spacial score (nSPS) is 11.4. The van der Waals surface area contributed by atoms with Crippen molar-refractivity contribution < 1.29 is 22.7 Å². The van der Waals surface area contributed by atoms with Gasteiger partial charge in [-0.15, -0.1) is 0 Å². The van der Waals surface area contributed by atoms with Gasteiger partial charge in [0.05, 0.1) is 15.6 Å². The highest BCUT2D eigenvalue weighted by molar-refractivity contribution is 7.90. The predicted octanol–water partition coefficient (Wildman–Crippen LogP) is 3.89. The second kappa shape index (κ2) is 8.88. The molecule has 0 saturated carbocycles. The Morgan fingerprint density at radius 2 is 1.75 bits per heavy atom. The van der Waals surface area contributed by atoms with Crippen molar-refractivity contribution in [3.05, 3.63) is 74.9 Å². The van der Waals surface area contributed by atoms with E-state index in [2.05, 4.69) is 5.10 Å². The number of halogens is 1. The summed E-state index contributed by atoms with van der Waals surface area (Å²) in [6.45, 7) is 4.55. The van der Waals surface area contributed by atoms with E-state index >= 15 is 0 Å². The van der Waals surface area contributed by atoms with E-state index in [0.29, 0.717) is 22.4 Å². The Bertz CT molecular complexity index is 1330. The highest BCUT2D eigenvalue weighted by atomic mass is 35.5. The maximum atomic E-state index is 13.5. The molecule has 0 fully saturated rings. The fourth-order valence-electron chi connectivity index (χ4n) is 3.72. The molecule has 0 amide bonds. The quantitative estimate of drug-likeness (QED) is 0.482. The topological polar surface area (TPSA) is 95.3 Å². The second-order valence-corrected chi connectivity index (χ2v) is 9.91. The standard InChI is InChI=1S/C23H23ClN2O5S/c1-13-11-17(20(24)14(2)22(13)32(5,29)30)21(28)19-15(3)25-26(4)23(19)31-12-18(27)16-9-7-6-8-10-16/h6-11H,12H2,1-5H3. The van der Waals surface area contributed by atoms with Gasteiger partial charge in [-0.2, -0.15) is 5.10 Å². The van der Waals surface area contributed by atoms with Crippen molar-refractivity contribution >= 4 is 33.0 Å². The molecule has 1 heterocycles. The SMILES string of the molecule is Cc1cc(C(=O)c2c(C)nn(C)c2OCC(=O)c2ccccc2)c(Cl)c(C)c1S(C)(=O)=O. The van der Waals surface area contributed by atoms with Crippen molar-refractivity contribution in [2.75, 3.05) is 12.9 Å². The zero-order valence-corrected chi connectivity index (χ0v) is 20.0. The van der Waals surface area contributed by atoms with Crippen LogP contribution in [0.2, 0.25) is 5.02 Å². The highest BCUT2D eigenvalue weighted by Gasteiger charge is 2.28. The number of rotatable bonds is 7. The van der Waals surface area contributed by atoms with E-state index in [0.717, 1.165) is 6.26 Å². The largest absolute Gasteiger partial charge is 0.469 e. The molecule has 0 radical (unpaired) electrons. The number of carbonyl (C=O) groups is 2. The first-order chi connectivity index (χ1) is 14.9. The van der Waals surface area contributed by atoms with Gasteiger partial charge in [-0.3, -0.25) is 9.59 Å². The Kier molecular flexibility index (Phi) is 6.57. The molecule has 2 aromatic carbocycles. The van der Waals surface area contributed by atoms with Gasteiger partial charge in [-0.25, -0.2) is 13.1 Å². The number of carbonyl (C=O) groups excluding carboxylic acids is 2. The summed E-state index contributed by atoms with van der Waals surface area (Å²) in [6, 6.07) is 10.1. The Morgan fingerprint density at radius 1 is 1.12 bits per heavy atom. The van der Waals surface area contributed by atoms with Crippen LogP contribution in [0, 0.1) is 20.8 Å². The van der Waals surface area contributed by atoms with Crippen molar-refractivity contribution in [2.45, 2.75) is 25.7 Å². The van der Waals surface area contributed by atoms with Crippen LogP contribution >= 0.6 is 11.6 Å². The fourth-order valence-corrected chi connectivity index (χ4v) is 5.31. The van der Waals surface area contributed by atoms with Crippen LogP contribution in [0.3, 0.4) is 0 Å². The van der Waals surface area contributed by atoms with E-state index < -0.39 is 15.6 Å². The summed E-state index contributed by atoms with van der Waals surface area (Å²) >= 11 is 6.43. The number of aryl methyl sites for hydroxylation is 3. The van der Waals surface area contributed by atoms with Crippen molar-refractivity contribution in [1.82, 2.24) is 9.78 Å². The molecular weight excluding hydrogens is 452 g/mol. The third-order valence-corrected chi connectivity index (χ3v) is 6.93. The lowest BCUT2D eigenvalue weighted by Crippen LogP contribution is -2.15. The molecule has 0 aliphatic carbocycles. The summed E-state index contributed by atoms with van der Waals surface area (Å²) in [4.78, 5) is 26.0. The Morgan fingerprint density at radius 3 is 2.34 bits per heavy atom. The van der Waals surface area contributed by atoms with Crippen molar-refractivity contribution in [3.8, 4) is 5.88 Å². The third kappa shape index (κ3) is 4.47. The molecule has 0 aliphatic rings. The minimum absolute atomic E-state index is 0.0515. The summed E-state index contributed by atoms with van der Waals surface area (Å²) in [5.74, 6) is -0.575. The van der Waals surface area contributed by atoms with E-state index in [4.69, 9.17) is 16.3 Å². The molecule has 0 saturated heterocycles. The Balaban J connectivity index is 2.01. The molecule has 0 bridgehead atoms. The van der Waals surface area contributed by atoms with E-state index in [1.54, 1.807) is 52.1 Å². The lowest BCUT2D eigenvalue weighted by Gasteiger charge is -2.14. The molecule has 0 atom stereocenters. The molecule has 168 valence electrons. The minimum atomic E-state index is -3.52. The van der Waals surface area contributed by atoms with E-state index in [1.807, 2.05) is 6.07 Å². The first-order valence-electron chi connectivity index (χ1n) is 9.72. The van der Waals surface area contributed by atoms with Gasteiger partial charge in [0.2, 0.25) is 11.7 Å². The summed E-state index contributed by atoms with van der Waals surface area (Å²) in [5.41, 5.74) is 1.93. The van der Waals surface area contributed by atoms with Crippen LogP contribution in [-0.2, 0) is 16.9 Å². The van der Waals surface area contributed by atoms with Crippen LogP contribution in [0.5, 0.6) is 5.88 Å². The molecule has 0 spiro atoms. The smallest absolute Gasteiger partial charge is 0.223 e. The number of hydrogen-bond donors (Lipinski definition) is 0. The monoisotopic (exact) mass is 474 g/mol. The van der Waals surface area contributed by atoms with Gasteiger partial charge >= 0.3 is 0 Å². The number of benzene rings is 2. The van der Waals surface area contributed by atoms with Gasteiger partial charge in [0.1, 0.15) is 5.56 Å². The molecule has 9 heteroatoms. The maximum Gasteiger partial charge on any atom is 0.223 e. The first-order valence-corrected chi connectivity index (χ1v) is 12.0. The van der Waals surface area contributed by atoms with E-state index in [1.165, 1.54) is 10.7 Å². The number of nitrogens with zero attached hydrogens (tertiary/aromatic N) is 2. The van der Waals surface area contributed by atoms with Crippen LogP contribution in [0.1, 0.15) is 43.1 Å². The number of hydrogen-bond acceptors (Lipinski definition) is 6. The molecular formula is C23H23ClN2O5S. The molecule has 32 heavy (non-hydrogen) atoms. The molecule has 0 N–H and O–H groups in total. The molecule has 3 aromatic rings. The van der Waals surface area contributed by atoms with E-state index in [-0.39, 0.29) is 39.3 Å². The molecule has 3 rings (SSSR count). The van der Waals surface area contributed by atoms with Gasteiger partial charge in [0.25, 0.3) is 0 Å². The van der Waals surface area contributed by atoms with Gasteiger partial charge in [0, 0.05) is 24.4 Å². The fraction of sp³-hybridized carbons (Fsp3) is 0.261. The van der Waals surface area contributed by atoms with Crippen LogP contribution < -0.4 is 4.74 Å². The zero-order valence-electron chi connectivity index (χ0n) is 18.4. The third-order valence-electron chi connectivity index (χ3n) is 5.07. The number of ether oxygens (including phenoxy) is 1. The number of Topliss-reactive ketones (excluding diaryl/α,β-unsaturated/α-hetero) is 1. The van der Waals surface area contributed by atoms with Crippen molar-refractivity contribution in [2.24, 2.45) is 7.05 Å². The molecule has 7 nitrogen and oxygen atoms in total. The highest BCUT2D eigenvalue weighted by Crippen LogP contribution is 2.34. The molecule has 1 aromatic heterocycles. The molecule has 0 unspecified atom stereocenters. The van der Waals surface area contributed by atoms with E-state index in [9.17, 15) is 18.0 Å². The summed E-state index contributed by atoms with van der Waals surface area (Å²) in [5, 5.41) is 4.31. The molecule has 0 aliphatic heterocycles. The first kappa shape index (κ1) is 23.7. The van der Waals surface area contributed by atoms with Crippen LogP contribution in [0.15, 0.2) is 41.3 Å². The lowest BCUT2D eigenvalue weighted by atomic mass is 9.99. The number of aromatic nitrogens is 2. The predicted molar refractivity (Wildman–Crippen MR) is 122 cm³/mol. The van der Waals surface area contributed by atoms with Gasteiger partial charge < -0.3 is 4.74 Å². The van der Waals surface area contributed by atoms with Gasteiger partial charge in [-0.1, -0.05) is 41.9 Å². The number of sulfone groups is 1. The van der Waals surface area contributed by atoms with Crippen molar-refractivity contribution in [3.63, 3.8) is 0 Å². The lowest BCUT2D eigenvalue weighted by molar-refractivity contribution is 0.0908. The Hall–Kier alpha value is -2.97. The minimum Gasteiger partial charge on any atom is -0.469 e. The van der Waals surface area contributed by atoms with Crippen molar-refractivity contribution in [1.29, 1.82) is 0 Å². The van der Waals surface area contributed by atoms with Gasteiger partial charge in [0.15, 0.2) is 22.2 Å². The summed E-state index contributed by atoms with van der Waals surface area (Å²) in [6.07, 6.45) is 1.10. The average molecular weight is 475 g/mol. The average Bonchev–Trinajstić information content (AvgIpc) is 3.00. The summed E-state index contributed by atoms with van der Waals surface area (Å²) in [7, 11) is -1.92. The van der Waals surface area contributed by atoms with Crippen LogP contribution in [0.4, 0.5) is 0 Å². The zero-order chi connectivity index (χ0) is 23.8. The van der Waals surface area contributed by atoms with Crippen LogP contribution in [-0.4, -0.2) is 42.6 Å².